The van der Waals surface area contributed by atoms with Crippen molar-refractivity contribution in [2.45, 2.75) is 0 Å². The predicted molar refractivity (Wildman–Crippen MR) is 96.5 cm³/mol. The summed E-state index contributed by atoms with van der Waals surface area (Å²) in [6.07, 6.45) is 0. The number of hydrogen-bond acceptors (Lipinski definition) is 3. The number of hydrogen-bond donors (Lipinski definition) is 0. The summed E-state index contributed by atoms with van der Waals surface area (Å²) in [5.74, 6) is -0.514. The second-order valence-electron chi connectivity index (χ2n) is 5.15. The van der Waals surface area contributed by atoms with Crippen molar-refractivity contribution in [2.75, 3.05) is 0 Å². The fourth-order valence-corrected chi connectivity index (χ4v) is 3.23. The number of aromatic nitrogens is 1. The van der Waals surface area contributed by atoms with Crippen LogP contribution in [0.4, 0.5) is 0 Å². The third-order valence-corrected chi connectivity index (χ3v) is 4.40. The van der Waals surface area contributed by atoms with Crippen molar-refractivity contribution in [3.63, 3.8) is 0 Å². The van der Waals surface area contributed by atoms with Crippen LogP contribution in [0.2, 0.25) is 5.02 Å². The van der Waals surface area contributed by atoms with Gasteiger partial charge in [-0.2, -0.15) is 0 Å². The molecule has 3 aromatic carbocycles. The Hall–Kier alpha value is -2.43. The maximum absolute atomic E-state index is 12.3. The molecule has 0 N–H and O–H groups in total. The first-order valence-electron chi connectivity index (χ1n) is 6.99. The molecule has 0 radical (unpaired) electrons. The van der Waals surface area contributed by atoms with E-state index in [2.05, 4.69) is 0 Å². The Labute approximate surface area is 141 Å². The molecule has 0 spiro atoms. The normalized spacial score (nSPS) is 11.2. The van der Waals surface area contributed by atoms with Crippen molar-refractivity contribution in [3.8, 4) is 0 Å². The quantitative estimate of drug-likeness (QED) is 0.474. The largest absolute Gasteiger partial charge is 0.425 e. The first-order valence-corrected chi connectivity index (χ1v) is 7.77. The summed E-state index contributed by atoms with van der Waals surface area (Å²) < 4.78 is 6.68. The van der Waals surface area contributed by atoms with E-state index in [0.717, 1.165) is 16.3 Å². The minimum atomic E-state index is -0.514. The van der Waals surface area contributed by atoms with Crippen LogP contribution in [0.25, 0.3) is 21.9 Å². The monoisotopic (exact) mass is 339 g/mol. The third kappa shape index (κ3) is 2.27. The van der Waals surface area contributed by atoms with Crippen LogP contribution < -0.4 is 5.76 Å². The Balaban J connectivity index is 1.99. The van der Waals surface area contributed by atoms with Crippen LogP contribution in [0.15, 0.2) is 69.9 Å². The van der Waals surface area contributed by atoms with Gasteiger partial charge in [0.1, 0.15) is 4.99 Å². The van der Waals surface area contributed by atoms with Crippen LogP contribution in [0.1, 0.15) is 5.56 Å². The zero-order chi connectivity index (χ0) is 16.0. The van der Waals surface area contributed by atoms with Gasteiger partial charge in [-0.25, -0.2) is 9.36 Å². The molecule has 4 aromatic rings. The summed E-state index contributed by atoms with van der Waals surface area (Å²) in [6.45, 7) is 0. The Morgan fingerprint density at radius 2 is 1.83 bits per heavy atom. The molecule has 3 nitrogen and oxygen atoms in total. The van der Waals surface area contributed by atoms with Gasteiger partial charge < -0.3 is 4.42 Å². The van der Waals surface area contributed by atoms with Gasteiger partial charge in [0.15, 0.2) is 5.58 Å². The number of nitrogens with zero attached hydrogens (tertiary/aromatic N) is 1. The fourth-order valence-electron chi connectivity index (χ4n) is 2.72. The molecule has 0 fully saturated rings. The molecule has 23 heavy (non-hydrogen) atoms. The Bertz CT molecular complexity index is 1120. The molecule has 0 bridgehead atoms. The van der Waals surface area contributed by atoms with E-state index in [-0.39, 0.29) is 0 Å². The molecule has 4 rings (SSSR count). The van der Waals surface area contributed by atoms with Crippen molar-refractivity contribution in [3.05, 3.63) is 81.8 Å². The van der Waals surface area contributed by atoms with E-state index in [4.69, 9.17) is 28.2 Å². The Morgan fingerprint density at radius 1 is 1.04 bits per heavy atom. The molecule has 0 saturated carbocycles. The van der Waals surface area contributed by atoms with Gasteiger partial charge in [-0.1, -0.05) is 66.3 Å². The summed E-state index contributed by atoms with van der Waals surface area (Å²) in [5.41, 5.74) is 1.85. The molecule has 1 heterocycles. The number of fused-ring (bicyclic) bond motifs is 2. The maximum atomic E-state index is 12.3. The predicted octanol–water partition coefficient (Wildman–Crippen LogP) is 4.62. The van der Waals surface area contributed by atoms with Crippen LogP contribution in [-0.2, 0) is 0 Å². The van der Waals surface area contributed by atoms with Crippen molar-refractivity contribution in [2.24, 2.45) is 0 Å². The van der Waals surface area contributed by atoms with Gasteiger partial charge in [0, 0.05) is 16.7 Å². The Morgan fingerprint density at radius 3 is 2.70 bits per heavy atom. The van der Waals surface area contributed by atoms with Crippen LogP contribution in [-0.4, -0.2) is 9.56 Å². The van der Waals surface area contributed by atoms with Crippen LogP contribution in [0, 0.1) is 0 Å². The van der Waals surface area contributed by atoms with Gasteiger partial charge >= 0.3 is 5.76 Å². The molecule has 0 amide bonds. The highest BCUT2D eigenvalue weighted by atomic mass is 35.5. The number of thiocarbonyl (C=S) groups is 1. The van der Waals surface area contributed by atoms with Crippen LogP contribution in [0.3, 0.4) is 0 Å². The first kappa shape index (κ1) is 14.2. The minimum absolute atomic E-state index is 0.410. The van der Waals surface area contributed by atoms with Gasteiger partial charge in [0.25, 0.3) is 0 Å². The molecule has 112 valence electrons. The van der Waals surface area contributed by atoms with E-state index in [0.29, 0.717) is 21.1 Å². The average molecular weight is 340 g/mol. The van der Waals surface area contributed by atoms with E-state index in [1.165, 1.54) is 4.57 Å². The fraction of sp³-hybridized carbons (Fsp3) is 0. The molecule has 0 aliphatic rings. The topological polar surface area (TPSA) is 35.1 Å². The molecule has 5 heteroatoms. The molecular weight excluding hydrogens is 330 g/mol. The number of rotatable bonds is 1. The zero-order valence-corrected chi connectivity index (χ0v) is 13.4. The van der Waals surface area contributed by atoms with E-state index < -0.39 is 5.76 Å². The van der Waals surface area contributed by atoms with E-state index in [1.807, 2.05) is 42.5 Å². The highest BCUT2D eigenvalue weighted by Crippen LogP contribution is 2.23. The number of oxazole rings is 1. The van der Waals surface area contributed by atoms with Crippen molar-refractivity contribution in [1.29, 1.82) is 0 Å². The van der Waals surface area contributed by atoms with Gasteiger partial charge in [0.2, 0.25) is 0 Å². The lowest BCUT2D eigenvalue weighted by Gasteiger charge is -2.08. The van der Waals surface area contributed by atoms with Crippen molar-refractivity contribution in [1.82, 2.24) is 4.57 Å². The van der Waals surface area contributed by atoms with E-state index in [9.17, 15) is 4.79 Å². The molecular formula is C18H10ClNO2S. The second kappa shape index (κ2) is 5.33. The lowest BCUT2D eigenvalue weighted by molar-refractivity contribution is 0.546. The summed E-state index contributed by atoms with van der Waals surface area (Å²) >= 11 is 11.5. The molecule has 0 aliphatic carbocycles. The number of benzene rings is 3. The van der Waals surface area contributed by atoms with Gasteiger partial charge in [-0.15, -0.1) is 0 Å². The lowest BCUT2D eigenvalue weighted by atomic mass is 10.0. The molecule has 0 atom stereocenters. The summed E-state index contributed by atoms with van der Waals surface area (Å²) in [4.78, 5) is 12.7. The smallest absolute Gasteiger partial charge is 0.407 e. The summed E-state index contributed by atoms with van der Waals surface area (Å²) in [6, 6.07) is 18.8. The van der Waals surface area contributed by atoms with E-state index >= 15 is 0 Å². The van der Waals surface area contributed by atoms with Crippen LogP contribution >= 0.6 is 23.8 Å². The van der Waals surface area contributed by atoms with Crippen molar-refractivity contribution < 1.29 is 4.42 Å². The standard InChI is InChI=1S/C18H10ClNO2S/c19-12-8-9-15-16(10-12)22-18(21)20(15)17(23)14-7-3-5-11-4-1-2-6-13(11)14/h1-10H. The van der Waals surface area contributed by atoms with Gasteiger partial charge in [-0.3, -0.25) is 0 Å². The molecule has 0 unspecified atom stereocenters. The highest BCUT2D eigenvalue weighted by molar-refractivity contribution is 7.80. The third-order valence-electron chi connectivity index (χ3n) is 3.77. The van der Waals surface area contributed by atoms with E-state index in [1.54, 1.807) is 18.2 Å². The molecule has 0 saturated heterocycles. The van der Waals surface area contributed by atoms with Crippen LogP contribution in [0.5, 0.6) is 0 Å². The summed E-state index contributed by atoms with van der Waals surface area (Å²) in [5, 5.41) is 2.57. The molecule has 0 aliphatic heterocycles. The average Bonchev–Trinajstić information content (AvgIpc) is 2.88. The maximum Gasteiger partial charge on any atom is 0.425 e. The Kier molecular flexibility index (Phi) is 3.29. The second-order valence-corrected chi connectivity index (χ2v) is 5.97. The van der Waals surface area contributed by atoms with Crippen molar-refractivity contribution >= 4 is 50.7 Å². The zero-order valence-electron chi connectivity index (χ0n) is 11.8. The lowest BCUT2D eigenvalue weighted by Crippen LogP contribution is -2.22. The van der Waals surface area contributed by atoms with Gasteiger partial charge in [0.05, 0.1) is 5.52 Å². The number of halogens is 1. The molecule has 1 aromatic heterocycles. The first-order chi connectivity index (χ1) is 11.1. The highest BCUT2D eigenvalue weighted by Gasteiger charge is 2.16. The van der Waals surface area contributed by atoms with Gasteiger partial charge in [-0.05, 0) is 22.9 Å². The SMILES string of the molecule is O=c1oc2cc(Cl)ccc2n1C(=S)c1cccc2ccccc12. The minimum Gasteiger partial charge on any atom is -0.407 e. The summed E-state index contributed by atoms with van der Waals surface area (Å²) in [7, 11) is 0.